The van der Waals surface area contributed by atoms with E-state index in [2.05, 4.69) is 384 Å². The number of hydrogen-bond donors (Lipinski definition) is 0. The maximum absolute atomic E-state index is 2.40. The molecule has 0 aliphatic heterocycles. The van der Waals surface area contributed by atoms with Crippen molar-refractivity contribution in [3.8, 4) is 22.3 Å². The number of fused-ring (bicyclic) bond motifs is 5. The standard InChI is InChI=1S/C86H60N4/c1-3-29-67(30-4-1)87(83-39-17-25-61-21-7-11-33-77(61)83)71-51-55-73(56-52-71)89(85-41-19-27-63-23-9-13-35-79(63)85)69-47-43-65(44-48-69)75-59-60-76(82-38-16-15-37-81(75)82)66-45-49-70(50-46-66)90(86-42-20-28-64-24-10-14-36-80(64)86)74-57-53-72(54-58-74)88(68-31-5-2-6-32-68)84-40-18-26-62-22-8-12-34-78(62)84/h1-60H. The summed E-state index contributed by atoms with van der Waals surface area (Å²) in [7, 11) is 0. The topological polar surface area (TPSA) is 13.0 Å². The Bertz CT molecular complexity index is 4890. The van der Waals surface area contributed by atoms with Gasteiger partial charge in [-0.3, -0.25) is 0 Å². The summed E-state index contributed by atoms with van der Waals surface area (Å²) in [4.78, 5) is 9.52. The summed E-state index contributed by atoms with van der Waals surface area (Å²) >= 11 is 0. The molecule has 0 aliphatic carbocycles. The Morgan fingerprint density at radius 1 is 0.133 bits per heavy atom. The zero-order valence-electron chi connectivity index (χ0n) is 49.4. The zero-order chi connectivity index (χ0) is 59.7. The second kappa shape index (κ2) is 23.4. The summed E-state index contributed by atoms with van der Waals surface area (Å²) in [6, 6.07) is 132. The first-order valence-corrected chi connectivity index (χ1v) is 30.8. The molecule has 4 nitrogen and oxygen atoms in total. The third-order valence-electron chi connectivity index (χ3n) is 17.6. The van der Waals surface area contributed by atoms with Gasteiger partial charge < -0.3 is 19.6 Å². The van der Waals surface area contributed by atoms with Crippen molar-refractivity contribution in [3.05, 3.63) is 364 Å². The number of para-hydroxylation sites is 2. The van der Waals surface area contributed by atoms with Crippen molar-refractivity contribution >= 4 is 122 Å². The second-order valence-electron chi connectivity index (χ2n) is 22.8. The third-order valence-corrected chi connectivity index (χ3v) is 17.6. The zero-order valence-corrected chi connectivity index (χ0v) is 49.4. The van der Waals surface area contributed by atoms with E-state index in [0.29, 0.717) is 0 Å². The first kappa shape index (κ1) is 53.5. The van der Waals surface area contributed by atoms with Crippen molar-refractivity contribution in [3.63, 3.8) is 0 Å². The van der Waals surface area contributed by atoms with Gasteiger partial charge >= 0.3 is 0 Å². The molecule has 16 aromatic rings. The SMILES string of the molecule is c1ccc(N(c2ccc(N(c3ccc(-c4ccc(-c5ccc(N(c6ccc(N(c7ccccc7)c7cccc8ccccc78)cc6)c6cccc7ccccc67)cc5)c5ccccc45)cc3)c3cccc4ccccc34)cc2)c2cccc3ccccc23)cc1. The van der Waals surface area contributed by atoms with Crippen LogP contribution in [0.4, 0.5) is 68.2 Å². The van der Waals surface area contributed by atoms with E-state index in [1.165, 1.54) is 65.0 Å². The summed E-state index contributed by atoms with van der Waals surface area (Å²) in [6.07, 6.45) is 0. The quantitative estimate of drug-likeness (QED) is 0.108. The van der Waals surface area contributed by atoms with Crippen molar-refractivity contribution in [1.82, 2.24) is 0 Å². The Labute approximate surface area is 524 Å². The predicted octanol–water partition coefficient (Wildman–Crippen LogP) is 24.7. The molecule has 0 N–H and O–H groups in total. The van der Waals surface area contributed by atoms with Crippen LogP contribution in [-0.2, 0) is 0 Å². The van der Waals surface area contributed by atoms with Gasteiger partial charge in [0.05, 0.1) is 22.7 Å². The van der Waals surface area contributed by atoms with E-state index in [1.54, 1.807) is 0 Å². The Morgan fingerprint density at radius 3 is 0.600 bits per heavy atom. The normalized spacial score (nSPS) is 11.3. The molecule has 0 aliphatic rings. The molecule has 0 amide bonds. The Kier molecular flexibility index (Phi) is 13.9. The van der Waals surface area contributed by atoms with Gasteiger partial charge in [0, 0.05) is 67.0 Å². The molecule has 0 radical (unpaired) electrons. The Morgan fingerprint density at radius 2 is 0.333 bits per heavy atom. The van der Waals surface area contributed by atoms with Crippen molar-refractivity contribution in [1.29, 1.82) is 0 Å². The molecule has 0 heterocycles. The molecule has 0 saturated carbocycles. The van der Waals surface area contributed by atoms with Gasteiger partial charge in [-0.1, -0.05) is 243 Å². The molecular weight excluding hydrogens is 1090 g/mol. The lowest BCUT2D eigenvalue weighted by atomic mass is 9.92. The minimum Gasteiger partial charge on any atom is -0.310 e. The van der Waals surface area contributed by atoms with Crippen molar-refractivity contribution in [2.24, 2.45) is 0 Å². The summed E-state index contributed by atoms with van der Waals surface area (Å²) in [5, 5.41) is 12.0. The molecule has 0 unspecified atom stereocenters. The number of hydrogen-bond acceptors (Lipinski definition) is 4. The van der Waals surface area contributed by atoms with E-state index in [9.17, 15) is 0 Å². The van der Waals surface area contributed by atoms with E-state index in [1.807, 2.05) is 0 Å². The summed E-state index contributed by atoms with van der Waals surface area (Å²) in [5.74, 6) is 0. The minimum absolute atomic E-state index is 1.07. The maximum atomic E-state index is 2.40. The van der Waals surface area contributed by atoms with Gasteiger partial charge in [-0.2, -0.15) is 0 Å². The van der Waals surface area contributed by atoms with Crippen molar-refractivity contribution < 1.29 is 0 Å². The van der Waals surface area contributed by atoms with Crippen LogP contribution >= 0.6 is 0 Å². The van der Waals surface area contributed by atoms with Crippen LogP contribution in [0.2, 0.25) is 0 Å². The lowest BCUT2D eigenvalue weighted by Gasteiger charge is -2.29. The summed E-state index contributed by atoms with van der Waals surface area (Å²) in [6.45, 7) is 0. The summed E-state index contributed by atoms with van der Waals surface area (Å²) < 4.78 is 0. The van der Waals surface area contributed by atoms with Crippen LogP contribution in [0.25, 0.3) is 76.1 Å². The van der Waals surface area contributed by atoms with Crippen LogP contribution < -0.4 is 19.6 Å². The van der Waals surface area contributed by atoms with Crippen LogP contribution in [0.1, 0.15) is 0 Å². The molecule has 0 spiro atoms. The maximum Gasteiger partial charge on any atom is 0.0540 e. The summed E-state index contributed by atoms with van der Waals surface area (Å²) in [5.41, 5.74) is 17.8. The minimum atomic E-state index is 1.07. The fourth-order valence-electron chi connectivity index (χ4n) is 13.4. The molecule has 90 heavy (non-hydrogen) atoms. The monoisotopic (exact) mass is 1150 g/mol. The van der Waals surface area contributed by atoms with Gasteiger partial charge in [0.25, 0.3) is 0 Å². The highest BCUT2D eigenvalue weighted by Crippen LogP contribution is 2.47. The van der Waals surface area contributed by atoms with Crippen LogP contribution in [0.3, 0.4) is 0 Å². The van der Waals surface area contributed by atoms with E-state index in [-0.39, 0.29) is 0 Å². The molecule has 4 heteroatoms. The third kappa shape index (κ3) is 9.89. The van der Waals surface area contributed by atoms with Crippen LogP contribution in [0.5, 0.6) is 0 Å². The highest BCUT2D eigenvalue weighted by Gasteiger charge is 2.22. The number of anilines is 12. The largest absolute Gasteiger partial charge is 0.310 e. The van der Waals surface area contributed by atoms with Crippen LogP contribution in [0, 0.1) is 0 Å². The second-order valence-corrected chi connectivity index (χ2v) is 22.8. The van der Waals surface area contributed by atoms with E-state index < -0.39 is 0 Å². The van der Waals surface area contributed by atoms with E-state index >= 15 is 0 Å². The van der Waals surface area contributed by atoms with Gasteiger partial charge in [0.15, 0.2) is 0 Å². The number of nitrogens with zero attached hydrogens (tertiary/aromatic N) is 4. The van der Waals surface area contributed by atoms with Gasteiger partial charge in [0.1, 0.15) is 0 Å². The lowest BCUT2D eigenvalue weighted by Crippen LogP contribution is -2.12. The fraction of sp³-hybridized carbons (Fsp3) is 0. The number of benzene rings is 16. The molecule has 424 valence electrons. The first-order chi connectivity index (χ1) is 44.7. The average Bonchev–Trinajstić information content (AvgIpc) is 1.20. The van der Waals surface area contributed by atoms with Gasteiger partial charge in [-0.15, -0.1) is 0 Å². The van der Waals surface area contributed by atoms with Gasteiger partial charge in [-0.25, -0.2) is 0 Å². The van der Waals surface area contributed by atoms with Crippen LogP contribution in [0.15, 0.2) is 364 Å². The lowest BCUT2D eigenvalue weighted by molar-refractivity contribution is 1.27. The molecule has 0 fully saturated rings. The Hall–Kier alpha value is -12.0. The first-order valence-electron chi connectivity index (χ1n) is 30.8. The Balaban J connectivity index is 0.740. The molecule has 0 atom stereocenters. The van der Waals surface area contributed by atoms with Crippen molar-refractivity contribution in [2.75, 3.05) is 19.6 Å². The molecule has 0 saturated heterocycles. The molecule has 16 rings (SSSR count). The molecular formula is C86H60N4. The molecule has 0 bridgehead atoms. The number of rotatable bonds is 14. The smallest absolute Gasteiger partial charge is 0.0540 e. The van der Waals surface area contributed by atoms with Gasteiger partial charge in [-0.05, 0) is 176 Å². The average molecular weight is 1150 g/mol. The molecule has 0 aromatic heterocycles. The molecule has 16 aromatic carbocycles. The van der Waals surface area contributed by atoms with E-state index in [4.69, 9.17) is 0 Å². The van der Waals surface area contributed by atoms with Crippen molar-refractivity contribution in [2.45, 2.75) is 0 Å². The van der Waals surface area contributed by atoms with Gasteiger partial charge in [0.2, 0.25) is 0 Å². The highest BCUT2D eigenvalue weighted by molar-refractivity contribution is 6.07. The highest BCUT2D eigenvalue weighted by atomic mass is 15.2. The predicted molar refractivity (Wildman–Crippen MR) is 384 cm³/mol. The van der Waals surface area contributed by atoms with Crippen LogP contribution in [-0.4, -0.2) is 0 Å². The van der Waals surface area contributed by atoms with E-state index in [0.717, 1.165) is 79.4 Å². The fourth-order valence-corrected chi connectivity index (χ4v) is 13.4.